The lowest BCUT2D eigenvalue weighted by atomic mass is 9.75. The van der Waals surface area contributed by atoms with Crippen LogP contribution in [0.25, 0.3) is 0 Å². The number of unbranched alkanes of at least 4 members (excludes halogenated alkanes) is 4. The average molecular weight is 292 g/mol. The molecule has 0 N–H and O–H groups in total. The van der Waals surface area contributed by atoms with Crippen LogP contribution in [0.1, 0.15) is 64.9 Å². The fourth-order valence-corrected chi connectivity index (χ4v) is 3.25. The summed E-state index contributed by atoms with van der Waals surface area (Å²) in [6.45, 7) is 6.74. The number of benzene rings is 1. The van der Waals surface area contributed by atoms with Gasteiger partial charge >= 0.3 is 0 Å². The first-order valence-electron chi connectivity index (χ1n) is 8.20. The van der Waals surface area contributed by atoms with E-state index in [-0.39, 0.29) is 5.41 Å². The van der Waals surface area contributed by atoms with E-state index in [0.29, 0.717) is 0 Å². The van der Waals surface area contributed by atoms with Crippen LogP contribution in [0.3, 0.4) is 0 Å². The Bertz CT molecular complexity index is 380. The minimum atomic E-state index is -0.682. The van der Waals surface area contributed by atoms with Crippen LogP contribution in [0.5, 0.6) is 0 Å². The molecular formula is C19H32O2. The number of hydrogen-bond acceptors (Lipinski definition) is 2. The summed E-state index contributed by atoms with van der Waals surface area (Å²) in [6.07, 6.45) is 7.54. The van der Waals surface area contributed by atoms with Gasteiger partial charge < -0.3 is 9.47 Å². The fraction of sp³-hybridized carbons (Fsp3) is 0.684. The van der Waals surface area contributed by atoms with E-state index < -0.39 is 5.79 Å². The molecule has 0 spiro atoms. The Labute approximate surface area is 130 Å². The molecule has 0 bridgehead atoms. The van der Waals surface area contributed by atoms with E-state index in [4.69, 9.17) is 9.47 Å². The molecule has 1 aromatic rings. The maximum atomic E-state index is 5.89. The van der Waals surface area contributed by atoms with Gasteiger partial charge in [0.25, 0.3) is 0 Å². The van der Waals surface area contributed by atoms with Crippen LogP contribution in [-0.2, 0) is 15.3 Å². The van der Waals surface area contributed by atoms with Gasteiger partial charge in [0, 0.05) is 25.2 Å². The van der Waals surface area contributed by atoms with Crippen LogP contribution < -0.4 is 0 Å². The van der Waals surface area contributed by atoms with Gasteiger partial charge in [-0.05, 0) is 6.42 Å². The van der Waals surface area contributed by atoms with Crippen LogP contribution in [-0.4, -0.2) is 14.2 Å². The summed E-state index contributed by atoms with van der Waals surface area (Å²) in [7, 11) is 3.49. The molecule has 0 unspecified atom stereocenters. The average Bonchev–Trinajstić information content (AvgIpc) is 2.49. The highest BCUT2D eigenvalue weighted by Gasteiger charge is 2.47. The van der Waals surface area contributed by atoms with Gasteiger partial charge in [-0.2, -0.15) is 0 Å². The molecular weight excluding hydrogens is 260 g/mol. The molecule has 0 saturated carbocycles. The Kier molecular flexibility index (Phi) is 7.41. The molecule has 0 saturated heterocycles. The maximum Gasteiger partial charge on any atom is 0.199 e. The van der Waals surface area contributed by atoms with Gasteiger partial charge in [0.15, 0.2) is 5.79 Å². The normalized spacial score (nSPS) is 12.6. The second-order valence-electron chi connectivity index (χ2n) is 6.44. The first-order valence-corrected chi connectivity index (χ1v) is 8.20. The highest BCUT2D eigenvalue weighted by molar-refractivity contribution is 5.22. The van der Waals surface area contributed by atoms with Gasteiger partial charge in [-0.1, -0.05) is 83.2 Å². The van der Waals surface area contributed by atoms with Gasteiger partial charge in [-0.15, -0.1) is 0 Å². The molecule has 0 fully saturated rings. The molecule has 0 aliphatic carbocycles. The Morgan fingerprint density at radius 2 is 1.43 bits per heavy atom. The lowest BCUT2D eigenvalue weighted by molar-refractivity contribution is -0.281. The monoisotopic (exact) mass is 292 g/mol. The molecule has 0 aliphatic rings. The molecule has 2 heteroatoms. The fourth-order valence-electron chi connectivity index (χ4n) is 3.25. The van der Waals surface area contributed by atoms with Crippen molar-refractivity contribution in [1.82, 2.24) is 0 Å². The van der Waals surface area contributed by atoms with E-state index in [9.17, 15) is 0 Å². The number of methoxy groups -OCH3 is 2. The third kappa shape index (κ3) is 4.31. The predicted octanol–water partition coefficient (Wildman–Crippen LogP) is 5.52. The summed E-state index contributed by atoms with van der Waals surface area (Å²) in [6, 6.07) is 10.3. The number of hydrogen-bond donors (Lipinski definition) is 0. The lowest BCUT2D eigenvalue weighted by Crippen LogP contribution is -2.45. The SMILES string of the molecule is CCCCCCCC(C)(C)C(OC)(OC)c1ccccc1. The van der Waals surface area contributed by atoms with Crippen LogP contribution in [0.15, 0.2) is 30.3 Å². The Morgan fingerprint density at radius 3 is 1.95 bits per heavy atom. The zero-order chi connectivity index (χ0) is 15.8. The minimum Gasteiger partial charge on any atom is -0.349 e. The highest BCUT2D eigenvalue weighted by Crippen LogP contribution is 2.46. The van der Waals surface area contributed by atoms with E-state index in [1.54, 1.807) is 14.2 Å². The largest absolute Gasteiger partial charge is 0.349 e. The van der Waals surface area contributed by atoms with Crippen molar-refractivity contribution in [2.24, 2.45) is 5.41 Å². The molecule has 21 heavy (non-hydrogen) atoms. The summed E-state index contributed by atoms with van der Waals surface area (Å²) in [5, 5.41) is 0. The summed E-state index contributed by atoms with van der Waals surface area (Å²) in [4.78, 5) is 0. The van der Waals surface area contributed by atoms with Crippen molar-refractivity contribution in [1.29, 1.82) is 0 Å². The van der Waals surface area contributed by atoms with Crippen molar-refractivity contribution < 1.29 is 9.47 Å². The molecule has 120 valence electrons. The molecule has 0 aliphatic heterocycles. The molecule has 1 rings (SSSR count). The highest BCUT2D eigenvalue weighted by atomic mass is 16.7. The summed E-state index contributed by atoms with van der Waals surface area (Å²) in [5.74, 6) is -0.682. The molecule has 0 heterocycles. The van der Waals surface area contributed by atoms with Crippen LogP contribution >= 0.6 is 0 Å². The van der Waals surface area contributed by atoms with Crippen LogP contribution in [0.2, 0.25) is 0 Å². The first kappa shape index (κ1) is 18.2. The second kappa shape index (κ2) is 8.55. The van der Waals surface area contributed by atoms with Crippen molar-refractivity contribution in [2.75, 3.05) is 14.2 Å². The van der Waals surface area contributed by atoms with E-state index >= 15 is 0 Å². The van der Waals surface area contributed by atoms with E-state index in [1.807, 2.05) is 18.2 Å². The Hall–Kier alpha value is -0.860. The Morgan fingerprint density at radius 1 is 0.857 bits per heavy atom. The van der Waals surface area contributed by atoms with Gasteiger partial charge in [0.05, 0.1) is 0 Å². The summed E-state index contributed by atoms with van der Waals surface area (Å²) < 4.78 is 11.8. The molecule has 2 nitrogen and oxygen atoms in total. The van der Waals surface area contributed by atoms with E-state index in [2.05, 4.69) is 32.9 Å². The zero-order valence-electron chi connectivity index (χ0n) is 14.4. The summed E-state index contributed by atoms with van der Waals surface area (Å²) >= 11 is 0. The zero-order valence-corrected chi connectivity index (χ0v) is 14.4. The predicted molar refractivity (Wildman–Crippen MR) is 89.3 cm³/mol. The standard InChI is InChI=1S/C19H32O2/c1-6-7-8-9-13-16-18(2,3)19(20-4,21-5)17-14-11-10-12-15-17/h10-12,14-15H,6-9,13,16H2,1-5H3. The molecule has 0 radical (unpaired) electrons. The van der Waals surface area contributed by atoms with Gasteiger partial charge in [0.2, 0.25) is 0 Å². The van der Waals surface area contributed by atoms with Crippen molar-refractivity contribution in [2.45, 2.75) is 65.1 Å². The Balaban J connectivity index is 2.83. The minimum absolute atomic E-state index is 0.0793. The number of rotatable bonds is 10. The third-order valence-corrected chi connectivity index (χ3v) is 4.53. The lowest BCUT2D eigenvalue weighted by Gasteiger charge is -2.45. The smallest absolute Gasteiger partial charge is 0.199 e. The van der Waals surface area contributed by atoms with Crippen molar-refractivity contribution in [3.63, 3.8) is 0 Å². The van der Waals surface area contributed by atoms with Crippen molar-refractivity contribution in [3.05, 3.63) is 35.9 Å². The third-order valence-electron chi connectivity index (χ3n) is 4.53. The molecule has 0 aromatic heterocycles. The van der Waals surface area contributed by atoms with Gasteiger partial charge in [-0.25, -0.2) is 0 Å². The maximum absolute atomic E-state index is 5.89. The van der Waals surface area contributed by atoms with E-state index in [1.165, 1.54) is 32.1 Å². The van der Waals surface area contributed by atoms with Crippen LogP contribution in [0.4, 0.5) is 0 Å². The molecule has 1 aromatic carbocycles. The van der Waals surface area contributed by atoms with Crippen molar-refractivity contribution >= 4 is 0 Å². The first-order chi connectivity index (χ1) is 10.0. The summed E-state index contributed by atoms with van der Waals surface area (Å²) in [5.41, 5.74) is 1.01. The van der Waals surface area contributed by atoms with Crippen molar-refractivity contribution in [3.8, 4) is 0 Å². The van der Waals surface area contributed by atoms with E-state index in [0.717, 1.165) is 12.0 Å². The van der Waals surface area contributed by atoms with Gasteiger partial charge in [-0.3, -0.25) is 0 Å². The van der Waals surface area contributed by atoms with Gasteiger partial charge in [0.1, 0.15) is 0 Å². The second-order valence-corrected chi connectivity index (χ2v) is 6.44. The molecule has 0 atom stereocenters. The quantitative estimate of drug-likeness (QED) is 0.417. The van der Waals surface area contributed by atoms with Crippen LogP contribution in [0, 0.1) is 5.41 Å². The number of ether oxygens (including phenoxy) is 2. The molecule has 0 amide bonds. The topological polar surface area (TPSA) is 18.5 Å².